The largest absolute Gasteiger partial charge is 0.461 e. The summed E-state index contributed by atoms with van der Waals surface area (Å²) in [4.78, 5) is 16.2. The molecule has 1 saturated carbocycles. The van der Waals surface area contributed by atoms with Gasteiger partial charge < -0.3 is 9.47 Å². The standard InChI is InChI=1S/C15H23NO3S/c1-4-18-13(17)12-10-20-14(16-12)15(19-5-2)8-6-11(3)7-9-15/h10-11H,4-9H2,1-3H3. The lowest BCUT2D eigenvalue weighted by atomic mass is 9.79. The second-order valence-corrected chi connectivity index (χ2v) is 6.23. The lowest BCUT2D eigenvalue weighted by molar-refractivity contribution is -0.0776. The van der Waals surface area contributed by atoms with Gasteiger partial charge in [-0.3, -0.25) is 0 Å². The van der Waals surface area contributed by atoms with E-state index in [0.29, 0.717) is 18.9 Å². The van der Waals surface area contributed by atoms with Gasteiger partial charge in [-0.2, -0.15) is 0 Å². The van der Waals surface area contributed by atoms with Gasteiger partial charge >= 0.3 is 5.97 Å². The average molecular weight is 297 g/mol. The first-order chi connectivity index (χ1) is 9.61. The maximum atomic E-state index is 11.7. The SMILES string of the molecule is CCOC(=O)c1csc(C2(OCC)CCC(C)CC2)n1. The predicted octanol–water partition coefficient (Wildman–Crippen LogP) is 3.76. The maximum Gasteiger partial charge on any atom is 0.357 e. The van der Waals surface area contributed by atoms with Crippen molar-refractivity contribution in [2.75, 3.05) is 13.2 Å². The molecule has 0 bridgehead atoms. The predicted molar refractivity (Wildman–Crippen MR) is 79.0 cm³/mol. The van der Waals surface area contributed by atoms with E-state index in [1.54, 1.807) is 12.3 Å². The fourth-order valence-corrected chi connectivity index (χ4v) is 3.71. The second kappa shape index (κ2) is 6.68. The van der Waals surface area contributed by atoms with Crippen LogP contribution < -0.4 is 0 Å². The van der Waals surface area contributed by atoms with E-state index in [2.05, 4.69) is 11.9 Å². The Balaban J connectivity index is 2.20. The zero-order valence-electron chi connectivity index (χ0n) is 12.5. The molecule has 1 aliphatic carbocycles. The topological polar surface area (TPSA) is 48.4 Å². The van der Waals surface area contributed by atoms with Gasteiger partial charge in [0.2, 0.25) is 0 Å². The number of ether oxygens (including phenoxy) is 2. The number of thiazole rings is 1. The van der Waals surface area contributed by atoms with E-state index >= 15 is 0 Å². The van der Waals surface area contributed by atoms with Crippen molar-refractivity contribution in [1.29, 1.82) is 0 Å². The Morgan fingerprint density at radius 1 is 1.40 bits per heavy atom. The zero-order chi connectivity index (χ0) is 14.6. The van der Waals surface area contributed by atoms with Gasteiger partial charge in [-0.25, -0.2) is 9.78 Å². The quantitative estimate of drug-likeness (QED) is 0.776. The minimum Gasteiger partial charge on any atom is -0.461 e. The third-order valence-corrected chi connectivity index (χ3v) is 4.91. The molecule has 1 fully saturated rings. The van der Waals surface area contributed by atoms with Gasteiger partial charge in [0.05, 0.1) is 6.61 Å². The van der Waals surface area contributed by atoms with Gasteiger partial charge in [-0.15, -0.1) is 11.3 Å². The molecule has 0 aromatic carbocycles. The van der Waals surface area contributed by atoms with Crippen LogP contribution in [0.25, 0.3) is 0 Å². The summed E-state index contributed by atoms with van der Waals surface area (Å²) in [7, 11) is 0. The van der Waals surface area contributed by atoms with Crippen molar-refractivity contribution < 1.29 is 14.3 Å². The summed E-state index contributed by atoms with van der Waals surface area (Å²) in [5.74, 6) is 0.402. The van der Waals surface area contributed by atoms with Gasteiger partial charge in [0, 0.05) is 12.0 Å². The van der Waals surface area contributed by atoms with Crippen molar-refractivity contribution in [3.05, 3.63) is 16.1 Å². The molecule has 5 heteroatoms. The molecule has 0 unspecified atom stereocenters. The zero-order valence-corrected chi connectivity index (χ0v) is 13.3. The molecule has 1 heterocycles. The van der Waals surface area contributed by atoms with Crippen molar-refractivity contribution in [3.63, 3.8) is 0 Å². The van der Waals surface area contributed by atoms with Crippen LogP contribution in [-0.2, 0) is 15.1 Å². The molecule has 112 valence electrons. The van der Waals surface area contributed by atoms with Crippen LogP contribution in [0.2, 0.25) is 0 Å². The molecule has 1 aliphatic rings. The summed E-state index contributed by atoms with van der Waals surface area (Å²) >= 11 is 1.51. The van der Waals surface area contributed by atoms with Gasteiger partial charge in [-0.05, 0) is 45.4 Å². The molecule has 0 radical (unpaired) electrons. The second-order valence-electron chi connectivity index (χ2n) is 5.37. The normalized spacial score (nSPS) is 26.4. The summed E-state index contributed by atoms with van der Waals surface area (Å²) in [6.45, 7) is 7.14. The third-order valence-electron chi connectivity index (χ3n) is 3.88. The summed E-state index contributed by atoms with van der Waals surface area (Å²) in [6, 6.07) is 0. The highest BCUT2D eigenvalue weighted by molar-refractivity contribution is 7.10. The van der Waals surface area contributed by atoms with E-state index in [1.807, 2.05) is 6.92 Å². The van der Waals surface area contributed by atoms with Gasteiger partial charge in [0.15, 0.2) is 5.69 Å². The molecule has 1 aromatic heterocycles. The number of nitrogens with zero attached hydrogens (tertiary/aromatic N) is 1. The molecule has 0 atom stereocenters. The Hall–Kier alpha value is -0.940. The molecule has 0 amide bonds. The van der Waals surface area contributed by atoms with Crippen molar-refractivity contribution >= 4 is 17.3 Å². The Labute approximate surface area is 124 Å². The fourth-order valence-electron chi connectivity index (χ4n) is 2.71. The van der Waals surface area contributed by atoms with E-state index in [9.17, 15) is 4.79 Å². The number of hydrogen-bond acceptors (Lipinski definition) is 5. The van der Waals surface area contributed by atoms with Gasteiger partial charge in [0.25, 0.3) is 0 Å². The molecular weight excluding hydrogens is 274 g/mol. The molecule has 1 aromatic rings. The van der Waals surface area contributed by atoms with Crippen LogP contribution in [-0.4, -0.2) is 24.2 Å². The number of carbonyl (C=O) groups is 1. The number of hydrogen-bond donors (Lipinski definition) is 0. The molecule has 0 spiro atoms. The van der Waals surface area contributed by atoms with Crippen LogP contribution in [0.15, 0.2) is 5.38 Å². The number of carbonyl (C=O) groups excluding carboxylic acids is 1. The van der Waals surface area contributed by atoms with Crippen LogP contribution >= 0.6 is 11.3 Å². The maximum absolute atomic E-state index is 11.7. The Kier molecular flexibility index (Phi) is 5.16. The highest BCUT2D eigenvalue weighted by atomic mass is 32.1. The molecule has 2 rings (SSSR count). The van der Waals surface area contributed by atoms with Crippen molar-refractivity contribution in [2.45, 2.75) is 52.1 Å². The number of aromatic nitrogens is 1. The fraction of sp³-hybridized carbons (Fsp3) is 0.733. The number of esters is 1. The summed E-state index contributed by atoms with van der Waals surface area (Å²) in [5.41, 5.74) is 0.112. The molecule has 0 aliphatic heterocycles. The Morgan fingerprint density at radius 2 is 2.10 bits per heavy atom. The van der Waals surface area contributed by atoms with Crippen molar-refractivity contribution in [1.82, 2.24) is 4.98 Å². The molecule has 20 heavy (non-hydrogen) atoms. The minimum atomic E-state index is -0.342. The summed E-state index contributed by atoms with van der Waals surface area (Å²) in [5, 5.41) is 2.71. The Bertz CT molecular complexity index is 450. The van der Waals surface area contributed by atoms with E-state index in [4.69, 9.17) is 9.47 Å². The molecular formula is C15H23NO3S. The van der Waals surface area contributed by atoms with Crippen LogP contribution in [0.4, 0.5) is 0 Å². The minimum absolute atomic E-state index is 0.295. The van der Waals surface area contributed by atoms with E-state index in [1.165, 1.54) is 11.3 Å². The average Bonchev–Trinajstić information content (AvgIpc) is 2.92. The first-order valence-corrected chi connectivity index (χ1v) is 8.26. The van der Waals surface area contributed by atoms with Gasteiger partial charge in [0.1, 0.15) is 10.6 Å². The molecule has 0 N–H and O–H groups in total. The lowest BCUT2D eigenvalue weighted by Crippen LogP contribution is -2.34. The van der Waals surface area contributed by atoms with Crippen LogP contribution in [0.1, 0.15) is 62.0 Å². The van der Waals surface area contributed by atoms with Crippen molar-refractivity contribution in [3.8, 4) is 0 Å². The monoisotopic (exact) mass is 297 g/mol. The first kappa shape index (κ1) is 15.4. The van der Waals surface area contributed by atoms with Crippen molar-refractivity contribution in [2.24, 2.45) is 5.92 Å². The van der Waals surface area contributed by atoms with E-state index in [-0.39, 0.29) is 11.6 Å². The Morgan fingerprint density at radius 3 is 2.70 bits per heavy atom. The smallest absolute Gasteiger partial charge is 0.357 e. The molecule has 0 saturated heterocycles. The molecule has 4 nitrogen and oxygen atoms in total. The lowest BCUT2D eigenvalue weighted by Gasteiger charge is -2.37. The summed E-state index contributed by atoms with van der Waals surface area (Å²) in [6.07, 6.45) is 4.26. The van der Waals surface area contributed by atoms with Crippen LogP contribution in [0, 0.1) is 5.92 Å². The van der Waals surface area contributed by atoms with Crippen LogP contribution in [0.5, 0.6) is 0 Å². The highest BCUT2D eigenvalue weighted by Gasteiger charge is 2.39. The first-order valence-electron chi connectivity index (χ1n) is 7.38. The van der Waals surface area contributed by atoms with E-state index in [0.717, 1.165) is 36.6 Å². The number of rotatable bonds is 5. The van der Waals surface area contributed by atoms with Gasteiger partial charge in [-0.1, -0.05) is 6.92 Å². The highest BCUT2D eigenvalue weighted by Crippen LogP contribution is 2.43. The third kappa shape index (κ3) is 3.20. The van der Waals surface area contributed by atoms with Crippen LogP contribution in [0.3, 0.4) is 0 Å². The van der Waals surface area contributed by atoms with E-state index < -0.39 is 0 Å². The summed E-state index contributed by atoms with van der Waals surface area (Å²) < 4.78 is 11.1.